The maximum absolute atomic E-state index is 2.66. The molecule has 1 fully saturated rings. The van der Waals surface area contributed by atoms with E-state index < -0.39 is 5.41 Å². The van der Waals surface area contributed by atoms with E-state index in [2.05, 4.69) is 268 Å². The molecular weight excluding hydrogens is 867 g/mol. The number of fused-ring (bicyclic) bond motifs is 5. The van der Waals surface area contributed by atoms with Crippen LogP contribution >= 0.6 is 0 Å². The van der Waals surface area contributed by atoms with Crippen LogP contribution in [-0.4, -0.2) is 6.04 Å². The van der Waals surface area contributed by atoms with Crippen LogP contribution in [0.1, 0.15) is 79.7 Å². The Bertz CT molecular complexity index is 3700. The summed E-state index contributed by atoms with van der Waals surface area (Å²) >= 11 is 0. The lowest BCUT2D eigenvalue weighted by atomic mass is 9.70. The summed E-state index contributed by atoms with van der Waals surface area (Å²) in [6.07, 6.45) is 15.9. The zero-order chi connectivity index (χ0) is 48.2. The van der Waals surface area contributed by atoms with Gasteiger partial charge in [0.15, 0.2) is 0 Å². The Morgan fingerprint density at radius 2 is 1.01 bits per heavy atom. The fourth-order valence-electron chi connectivity index (χ4n) is 13.3. The summed E-state index contributed by atoms with van der Waals surface area (Å²) in [6, 6.07) is 84.5. The molecule has 0 spiro atoms. The Hall–Kier alpha value is -8.00. The SMILES string of the molecule is CC1(c2ccccc2)c2ccccc2-c2ccc(-c3ccc(N(c4ccccc4-c4cccc5cccc(C6CCCCC6)c45)C4C=CC=CC4(C)c4cccc5cccc(-c6ccccc6)c45)cc3)cc21. The molecule has 3 unspecified atom stereocenters. The van der Waals surface area contributed by atoms with E-state index in [0.29, 0.717) is 5.92 Å². The van der Waals surface area contributed by atoms with Crippen LogP contribution in [0.2, 0.25) is 0 Å². The largest absolute Gasteiger partial charge is 0.333 e. The second kappa shape index (κ2) is 18.0. The highest BCUT2D eigenvalue weighted by atomic mass is 15.2. The molecule has 13 rings (SSSR count). The third-order valence-electron chi connectivity index (χ3n) is 16.9. The Balaban J connectivity index is 0.997. The van der Waals surface area contributed by atoms with Gasteiger partial charge >= 0.3 is 0 Å². The molecule has 10 aromatic carbocycles. The summed E-state index contributed by atoms with van der Waals surface area (Å²) in [4.78, 5) is 2.66. The first-order chi connectivity index (χ1) is 35.5. The highest BCUT2D eigenvalue weighted by molar-refractivity contribution is 6.03. The Morgan fingerprint density at radius 3 is 1.79 bits per heavy atom. The fourth-order valence-corrected chi connectivity index (χ4v) is 13.3. The van der Waals surface area contributed by atoms with Crippen molar-refractivity contribution < 1.29 is 0 Å². The lowest BCUT2D eigenvalue weighted by Gasteiger charge is -2.45. The number of para-hydroxylation sites is 1. The summed E-state index contributed by atoms with van der Waals surface area (Å²) in [5, 5.41) is 5.27. The lowest BCUT2D eigenvalue weighted by Crippen LogP contribution is -2.46. The second-order valence-electron chi connectivity index (χ2n) is 20.9. The van der Waals surface area contributed by atoms with Crippen LogP contribution in [0.4, 0.5) is 11.4 Å². The molecule has 1 saturated carbocycles. The minimum Gasteiger partial charge on any atom is -0.333 e. The normalized spacial score (nSPS) is 19.3. The van der Waals surface area contributed by atoms with Crippen molar-refractivity contribution in [3.63, 3.8) is 0 Å². The Kier molecular flexibility index (Phi) is 11.0. The molecule has 0 saturated heterocycles. The van der Waals surface area contributed by atoms with Crippen LogP contribution in [0.5, 0.6) is 0 Å². The van der Waals surface area contributed by atoms with E-state index in [-0.39, 0.29) is 11.5 Å². The van der Waals surface area contributed by atoms with Gasteiger partial charge in [-0.2, -0.15) is 0 Å². The van der Waals surface area contributed by atoms with Gasteiger partial charge in [-0.15, -0.1) is 0 Å². The molecule has 3 aliphatic carbocycles. The van der Waals surface area contributed by atoms with E-state index >= 15 is 0 Å². The van der Waals surface area contributed by atoms with Gasteiger partial charge in [-0.05, 0) is 145 Å². The molecule has 0 aliphatic heterocycles. The van der Waals surface area contributed by atoms with E-state index in [1.165, 1.54) is 132 Å². The number of hydrogen-bond donors (Lipinski definition) is 0. The third kappa shape index (κ3) is 7.20. The van der Waals surface area contributed by atoms with E-state index in [1.807, 2.05) is 0 Å². The van der Waals surface area contributed by atoms with Crippen LogP contribution in [0.25, 0.3) is 66.1 Å². The quantitative estimate of drug-likeness (QED) is 0.139. The zero-order valence-electron chi connectivity index (χ0n) is 41.3. The van der Waals surface area contributed by atoms with Crippen LogP contribution in [0.3, 0.4) is 0 Å². The Morgan fingerprint density at radius 1 is 0.417 bits per heavy atom. The van der Waals surface area contributed by atoms with Gasteiger partial charge in [0.2, 0.25) is 0 Å². The average Bonchev–Trinajstić information content (AvgIpc) is 3.71. The van der Waals surface area contributed by atoms with Gasteiger partial charge in [-0.1, -0.05) is 244 Å². The molecule has 10 aromatic rings. The van der Waals surface area contributed by atoms with Gasteiger partial charge in [0, 0.05) is 27.8 Å². The molecule has 1 heteroatoms. The zero-order valence-corrected chi connectivity index (χ0v) is 41.3. The van der Waals surface area contributed by atoms with Crippen molar-refractivity contribution in [3.8, 4) is 44.5 Å². The van der Waals surface area contributed by atoms with E-state index in [0.717, 1.165) is 5.69 Å². The Labute approximate surface area is 425 Å². The van der Waals surface area contributed by atoms with Crippen molar-refractivity contribution in [2.75, 3.05) is 4.90 Å². The lowest BCUT2D eigenvalue weighted by molar-refractivity contribution is 0.445. The first-order valence-electron chi connectivity index (χ1n) is 26.2. The molecule has 72 heavy (non-hydrogen) atoms. The number of anilines is 2. The topological polar surface area (TPSA) is 3.24 Å². The summed E-state index contributed by atoms with van der Waals surface area (Å²) in [6.45, 7) is 4.87. The number of rotatable bonds is 9. The fraction of sp³-hybridized carbons (Fsp3) is 0.155. The summed E-state index contributed by atoms with van der Waals surface area (Å²) in [5.41, 5.74) is 18.6. The standard InChI is InChI=1S/C71H59N/c1-70(64-38-21-29-53-28-19-35-58(69(53)64)51-24-8-4-9-25-51)47-17-16-40-67(70)72(66-39-15-13-33-61(66)62-36-20-27-52-26-18-34-57(68(52)62)50-22-6-3-7-23-50)56-44-41-49(42-45-56)54-43-46-60-59-32-12-14-37-63(59)71(2,65(60)48-54)55-30-10-5-11-31-55/h4-5,8-21,24-48,50,67H,3,6-7,22-23H2,1-2H3. The molecule has 0 bridgehead atoms. The van der Waals surface area contributed by atoms with Crippen molar-refractivity contribution in [3.05, 3.63) is 277 Å². The number of hydrogen-bond acceptors (Lipinski definition) is 1. The van der Waals surface area contributed by atoms with Crippen molar-refractivity contribution in [2.24, 2.45) is 0 Å². The predicted octanol–water partition coefficient (Wildman–Crippen LogP) is 19.0. The van der Waals surface area contributed by atoms with Gasteiger partial charge in [-0.25, -0.2) is 0 Å². The van der Waals surface area contributed by atoms with Crippen LogP contribution in [0, 0.1) is 0 Å². The number of allylic oxidation sites excluding steroid dienone is 2. The maximum Gasteiger partial charge on any atom is 0.0654 e. The van der Waals surface area contributed by atoms with Crippen molar-refractivity contribution in [1.82, 2.24) is 0 Å². The van der Waals surface area contributed by atoms with Crippen LogP contribution in [0.15, 0.2) is 249 Å². The summed E-state index contributed by atoms with van der Waals surface area (Å²) in [5.74, 6) is 0.568. The highest BCUT2D eigenvalue weighted by Crippen LogP contribution is 2.54. The van der Waals surface area contributed by atoms with E-state index in [1.54, 1.807) is 0 Å². The molecule has 1 nitrogen and oxygen atoms in total. The molecule has 3 aliphatic rings. The number of benzene rings is 10. The molecule has 3 atom stereocenters. The van der Waals surface area contributed by atoms with Crippen LogP contribution < -0.4 is 4.90 Å². The van der Waals surface area contributed by atoms with Gasteiger partial charge < -0.3 is 4.90 Å². The number of nitrogens with zero attached hydrogens (tertiary/aromatic N) is 1. The smallest absolute Gasteiger partial charge is 0.0654 e. The van der Waals surface area contributed by atoms with Crippen LogP contribution in [-0.2, 0) is 10.8 Å². The van der Waals surface area contributed by atoms with E-state index in [9.17, 15) is 0 Å². The third-order valence-corrected chi connectivity index (χ3v) is 16.9. The monoisotopic (exact) mass is 925 g/mol. The molecule has 0 aromatic heterocycles. The average molecular weight is 926 g/mol. The second-order valence-corrected chi connectivity index (χ2v) is 20.9. The first-order valence-corrected chi connectivity index (χ1v) is 26.2. The van der Waals surface area contributed by atoms with Gasteiger partial charge in [0.1, 0.15) is 0 Å². The first kappa shape index (κ1) is 44.0. The molecular formula is C71H59N. The minimum atomic E-state index is -0.451. The van der Waals surface area contributed by atoms with Gasteiger partial charge in [0.05, 0.1) is 6.04 Å². The molecule has 0 heterocycles. The molecule has 0 amide bonds. The van der Waals surface area contributed by atoms with Gasteiger partial charge in [0.25, 0.3) is 0 Å². The predicted molar refractivity (Wildman–Crippen MR) is 305 cm³/mol. The van der Waals surface area contributed by atoms with Crippen molar-refractivity contribution >= 4 is 32.9 Å². The minimum absolute atomic E-state index is 0.0956. The van der Waals surface area contributed by atoms with Gasteiger partial charge in [-0.3, -0.25) is 0 Å². The van der Waals surface area contributed by atoms with Crippen molar-refractivity contribution in [1.29, 1.82) is 0 Å². The van der Waals surface area contributed by atoms with E-state index in [4.69, 9.17) is 0 Å². The molecule has 0 radical (unpaired) electrons. The summed E-state index contributed by atoms with van der Waals surface area (Å²) < 4.78 is 0. The highest BCUT2D eigenvalue weighted by Gasteiger charge is 2.42. The molecule has 348 valence electrons. The summed E-state index contributed by atoms with van der Waals surface area (Å²) in [7, 11) is 0. The molecule has 0 N–H and O–H groups in total. The maximum atomic E-state index is 2.66. The van der Waals surface area contributed by atoms with Crippen molar-refractivity contribution in [2.45, 2.75) is 68.7 Å².